The lowest BCUT2D eigenvalue weighted by molar-refractivity contribution is 0.599. The number of aryl methyl sites for hydroxylation is 1. The molecule has 0 aromatic carbocycles. The minimum absolute atomic E-state index is 0.453. The molecule has 1 aromatic rings. The summed E-state index contributed by atoms with van der Waals surface area (Å²) >= 11 is 0. The monoisotopic (exact) mass is 174 g/mol. The van der Waals surface area contributed by atoms with E-state index in [2.05, 4.69) is 14.9 Å². The van der Waals surface area contributed by atoms with E-state index in [1.165, 1.54) is 6.42 Å². The van der Waals surface area contributed by atoms with Crippen LogP contribution in [-0.4, -0.2) is 23.1 Å². The summed E-state index contributed by atoms with van der Waals surface area (Å²) in [6, 6.07) is 3.73. The number of rotatable bonds is 1. The molecule has 0 amide bonds. The van der Waals surface area contributed by atoms with E-state index in [-0.39, 0.29) is 0 Å². The average molecular weight is 174 g/mol. The fraction of sp³-hybridized carbons (Fsp3) is 0.444. The predicted molar refractivity (Wildman–Crippen MR) is 48.3 cm³/mol. The molecule has 1 aliphatic heterocycles. The molecule has 4 heteroatoms. The van der Waals surface area contributed by atoms with Gasteiger partial charge in [-0.15, -0.1) is 0 Å². The molecule has 0 unspecified atom stereocenters. The molecular weight excluding hydrogens is 164 g/mol. The maximum Gasteiger partial charge on any atom is 0.226 e. The largest absolute Gasteiger partial charge is 0.341 e. The van der Waals surface area contributed by atoms with Crippen LogP contribution in [0.1, 0.15) is 17.8 Å². The SMILES string of the molecule is Cc1cc(C#N)nc(N2CCC2)n1. The lowest BCUT2D eigenvalue weighted by Crippen LogP contribution is -2.38. The minimum Gasteiger partial charge on any atom is -0.341 e. The Morgan fingerprint density at radius 3 is 2.77 bits per heavy atom. The van der Waals surface area contributed by atoms with Gasteiger partial charge in [-0.3, -0.25) is 0 Å². The van der Waals surface area contributed by atoms with Gasteiger partial charge < -0.3 is 4.90 Å². The Morgan fingerprint density at radius 2 is 2.23 bits per heavy atom. The van der Waals surface area contributed by atoms with E-state index >= 15 is 0 Å². The summed E-state index contributed by atoms with van der Waals surface area (Å²) in [7, 11) is 0. The van der Waals surface area contributed by atoms with Crippen molar-refractivity contribution in [2.75, 3.05) is 18.0 Å². The molecule has 2 heterocycles. The molecule has 0 aliphatic carbocycles. The van der Waals surface area contributed by atoms with Gasteiger partial charge in [-0.1, -0.05) is 0 Å². The van der Waals surface area contributed by atoms with E-state index in [1.807, 2.05) is 13.0 Å². The van der Waals surface area contributed by atoms with Crippen LogP contribution in [0.25, 0.3) is 0 Å². The molecule has 0 N–H and O–H groups in total. The summed E-state index contributed by atoms with van der Waals surface area (Å²) in [4.78, 5) is 10.5. The molecule has 0 saturated carbocycles. The second-order valence-corrected chi connectivity index (χ2v) is 3.15. The second kappa shape index (κ2) is 3.02. The fourth-order valence-corrected chi connectivity index (χ4v) is 1.27. The van der Waals surface area contributed by atoms with Crippen molar-refractivity contribution >= 4 is 5.95 Å². The van der Waals surface area contributed by atoms with Crippen molar-refractivity contribution in [2.24, 2.45) is 0 Å². The van der Waals surface area contributed by atoms with Gasteiger partial charge in [-0.05, 0) is 19.4 Å². The van der Waals surface area contributed by atoms with Gasteiger partial charge in [0.05, 0.1) is 0 Å². The molecule has 0 atom stereocenters. The van der Waals surface area contributed by atoms with Crippen LogP contribution in [0.15, 0.2) is 6.07 Å². The molecule has 0 spiro atoms. The maximum atomic E-state index is 8.70. The number of hydrogen-bond donors (Lipinski definition) is 0. The Morgan fingerprint density at radius 1 is 1.46 bits per heavy atom. The van der Waals surface area contributed by atoms with Gasteiger partial charge in [-0.2, -0.15) is 5.26 Å². The highest BCUT2D eigenvalue weighted by atomic mass is 15.3. The Balaban J connectivity index is 2.35. The summed E-state index contributed by atoms with van der Waals surface area (Å²) in [6.07, 6.45) is 1.19. The maximum absolute atomic E-state index is 8.70. The number of nitrogens with zero attached hydrogens (tertiary/aromatic N) is 4. The van der Waals surface area contributed by atoms with Crippen molar-refractivity contribution in [3.8, 4) is 6.07 Å². The van der Waals surface area contributed by atoms with E-state index < -0.39 is 0 Å². The predicted octanol–water partition coefficient (Wildman–Crippen LogP) is 0.867. The van der Waals surface area contributed by atoms with Crippen molar-refractivity contribution in [3.63, 3.8) is 0 Å². The van der Waals surface area contributed by atoms with Crippen LogP contribution >= 0.6 is 0 Å². The summed E-state index contributed by atoms with van der Waals surface area (Å²) in [5.74, 6) is 0.697. The van der Waals surface area contributed by atoms with Crippen molar-refractivity contribution in [3.05, 3.63) is 17.5 Å². The van der Waals surface area contributed by atoms with Crippen LogP contribution < -0.4 is 4.90 Å². The summed E-state index contributed by atoms with van der Waals surface area (Å²) in [5.41, 5.74) is 1.31. The van der Waals surface area contributed by atoms with Gasteiger partial charge in [0.1, 0.15) is 11.8 Å². The van der Waals surface area contributed by atoms with Crippen molar-refractivity contribution in [1.82, 2.24) is 9.97 Å². The van der Waals surface area contributed by atoms with Crippen LogP contribution in [0.5, 0.6) is 0 Å². The van der Waals surface area contributed by atoms with Crippen LogP contribution in [-0.2, 0) is 0 Å². The van der Waals surface area contributed by atoms with E-state index in [4.69, 9.17) is 5.26 Å². The van der Waals surface area contributed by atoms with E-state index in [0.29, 0.717) is 11.6 Å². The zero-order valence-corrected chi connectivity index (χ0v) is 7.49. The lowest BCUT2D eigenvalue weighted by Gasteiger charge is -2.30. The Labute approximate surface area is 76.8 Å². The Kier molecular flexibility index (Phi) is 1.85. The van der Waals surface area contributed by atoms with Gasteiger partial charge in [0.2, 0.25) is 5.95 Å². The molecule has 4 nitrogen and oxygen atoms in total. The lowest BCUT2D eigenvalue weighted by atomic mass is 10.2. The number of aromatic nitrogens is 2. The molecule has 66 valence electrons. The summed E-state index contributed by atoms with van der Waals surface area (Å²) < 4.78 is 0. The number of hydrogen-bond acceptors (Lipinski definition) is 4. The first-order valence-corrected chi connectivity index (χ1v) is 4.30. The van der Waals surface area contributed by atoms with Gasteiger partial charge in [0.15, 0.2) is 0 Å². The quantitative estimate of drug-likeness (QED) is 0.633. The van der Waals surface area contributed by atoms with E-state index in [1.54, 1.807) is 6.07 Å². The normalized spacial score (nSPS) is 14.9. The van der Waals surface area contributed by atoms with Crippen molar-refractivity contribution < 1.29 is 0 Å². The molecule has 0 radical (unpaired) electrons. The van der Waals surface area contributed by atoms with Crippen molar-refractivity contribution in [2.45, 2.75) is 13.3 Å². The van der Waals surface area contributed by atoms with Gasteiger partial charge in [0, 0.05) is 18.8 Å². The molecule has 2 rings (SSSR count). The zero-order chi connectivity index (χ0) is 9.26. The van der Waals surface area contributed by atoms with E-state index in [0.717, 1.165) is 18.8 Å². The minimum atomic E-state index is 0.453. The van der Waals surface area contributed by atoms with Crippen LogP contribution in [0, 0.1) is 18.3 Å². The van der Waals surface area contributed by atoms with Gasteiger partial charge in [0.25, 0.3) is 0 Å². The van der Waals surface area contributed by atoms with Crippen LogP contribution in [0.3, 0.4) is 0 Å². The third kappa shape index (κ3) is 1.45. The highest BCUT2D eigenvalue weighted by Gasteiger charge is 2.17. The van der Waals surface area contributed by atoms with Crippen LogP contribution in [0.2, 0.25) is 0 Å². The van der Waals surface area contributed by atoms with Gasteiger partial charge >= 0.3 is 0 Å². The smallest absolute Gasteiger partial charge is 0.226 e. The molecule has 0 bridgehead atoms. The average Bonchev–Trinajstić information content (AvgIpc) is 2.00. The first kappa shape index (κ1) is 7.99. The van der Waals surface area contributed by atoms with Gasteiger partial charge in [-0.25, -0.2) is 9.97 Å². The molecule has 1 aliphatic rings. The highest BCUT2D eigenvalue weighted by molar-refractivity contribution is 5.37. The molecular formula is C9H10N4. The standard InChI is InChI=1S/C9H10N4/c1-7-5-8(6-10)12-9(11-7)13-3-2-4-13/h5H,2-4H2,1H3. The Hall–Kier alpha value is -1.63. The zero-order valence-electron chi connectivity index (χ0n) is 7.49. The summed E-state index contributed by atoms with van der Waals surface area (Å²) in [6.45, 7) is 3.90. The van der Waals surface area contributed by atoms with Crippen LogP contribution in [0.4, 0.5) is 5.95 Å². The molecule has 13 heavy (non-hydrogen) atoms. The van der Waals surface area contributed by atoms with E-state index in [9.17, 15) is 0 Å². The number of nitriles is 1. The Bertz CT molecular complexity index is 362. The first-order chi connectivity index (χ1) is 6.29. The molecule has 1 fully saturated rings. The first-order valence-electron chi connectivity index (χ1n) is 4.30. The second-order valence-electron chi connectivity index (χ2n) is 3.15. The number of anilines is 1. The third-order valence-electron chi connectivity index (χ3n) is 2.10. The topological polar surface area (TPSA) is 52.8 Å². The highest BCUT2D eigenvalue weighted by Crippen LogP contribution is 2.16. The fourth-order valence-electron chi connectivity index (χ4n) is 1.27. The third-order valence-corrected chi connectivity index (χ3v) is 2.10. The summed E-state index contributed by atoms with van der Waals surface area (Å²) in [5, 5.41) is 8.70. The van der Waals surface area contributed by atoms with Crippen molar-refractivity contribution in [1.29, 1.82) is 5.26 Å². The molecule has 1 saturated heterocycles. The molecule has 1 aromatic heterocycles.